The number of benzene rings is 3. The number of alkyl halides is 6. The van der Waals surface area contributed by atoms with Gasteiger partial charge in [-0.1, -0.05) is 24.3 Å². The molecule has 0 saturated heterocycles. The monoisotopic (exact) mass is 514 g/mol. The Labute approximate surface area is 205 Å². The summed E-state index contributed by atoms with van der Waals surface area (Å²) in [6.07, 6.45) is -7.08. The molecule has 0 unspecified atom stereocenters. The Morgan fingerprint density at radius 2 is 1.65 bits per heavy atom. The van der Waals surface area contributed by atoms with E-state index in [9.17, 15) is 31.1 Å². The minimum atomic E-state index is -5.33. The molecule has 0 saturated carbocycles. The largest absolute Gasteiger partial charge is 0.472 e. The number of anilines is 2. The Kier molecular flexibility index (Phi) is 5.65. The Morgan fingerprint density at radius 1 is 0.892 bits per heavy atom. The summed E-state index contributed by atoms with van der Waals surface area (Å²) >= 11 is 0. The van der Waals surface area contributed by atoms with Gasteiger partial charge in [-0.25, -0.2) is 9.97 Å². The van der Waals surface area contributed by atoms with Crippen LogP contribution in [0.5, 0.6) is 0 Å². The van der Waals surface area contributed by atoms with Gasteiger partial charge in [0.1, 0.15) is 12.0 Å². The Bertz CT molecular complexity index is 1660. The van der Waals surface area contributed by atoms with E-state index < -0.39 is 29.5 Å². The number of aromatic amines is 1. The molecular weight excluding hydrogens is 498 g/mol. The van der Waals surface area contributed by atoms with Gasteiger partial charge in [0.25, 0.3) is 0 Å². The highest BCUT2D eigenvalue weighted by Gasteiger charge is 2.44. The molecule has 2 heterocycles. The van der Waals surface area contributed by atoms with Crippen molar-refractivity contribution in [1.82, 2.24) is 15.0 Å². The fourth-order valence-electron chi connectivity index (χ4n) is 4.20. The maximum Gasteiger partial charge on any atom is 0.472 e. The van der Waals surface area contributed by atoms with Gasteiger partial charge in [-0.2, -0.15) is 26.3 Å². The number of carbonyl (C=O) groups is 1. The number of hydrogen-bond donors (Lipinski definition) is 1. The summed E-state index contributed by atoms with van der Waals surface area (Å²) < 4.78 is 80.5. The smallest absolute Gasteiger partial charge is 0.339 e. The van der Waals surface area contributed by atoms with E-state index >= 15 is 0 Å². The van der Waals surface area contributed by atoms with Crippen LogP contribution in [0.25, 0.3) is 33.1 Å². The van der Waals surface area contributed by atoms with E-state index in [2.05, 4.69) is 15.0 Å². The van der Waals surface area contributed by atoms with Crippen LogP contribution in [-0.2, 0) is 11.0 Å². The predicted octanol–water partition coefficient (Wildman–Crippen LogP) is 7.33. The third-order valence-electron chi connectivity index (χ3n) is 5.94. The van der Waals surface area contributed by atoms with Crippen LogP contribution in [-0.4, -0.2) is 27.0 Å². The van der Waals surface area contributed by atoms with E-state index in [-0.39, 0.29) is 10.6 Å². The highest BCUT2D eigenvalue weighted by atomic mass is 19.4. The van der Waals surface area contributed by atoms with Crippen molar-refractivity contribution in [2.75, 3.05) is 4.90 Å². The minimum absolute atomic E-state index is 0.232. The van der Waals surface area contributed by atoms with Gasteiger partial charge in [-0.05, 0) is 60.0 Å². The van der Waals surface area contributed by atoms with E-state index in [4.69, 9.17) is 0 Å². The Hall–Kier alpha value is -4.41. The van der Waals surface area contributed by atoms with Crippen molar-refractivity contribution < 1.29 is 31.1 Å². The van der Waals surface area contributed by atoms with Gasteiger partial charge in [0, 0.05) is 33.9 Å². The lowest BCUT2D eigenvalue weighted by Crippen LogP contribution is -2.38. The van der Waals surface area contributed by atoms with Crippen molar-refractivity contribution in [1.29, 1.82) is 0 Å². The van der Waals surface area contributed by atoms with Crippen molar-refractivity contribution in [3.63, 3.8) is 0 Å². The molecule has 11 heteroatoms. The molecule has 1 N–H and O–H groups in total. The summed E-state index contributed by atoms with van der Waals surface area (Å²) in [5.41, 5.74) is 1.15. The van der Waals surface area contributed by atoms with Gasteiger partial charge in [-0.3, -0.25) is 9.69 Å². The summed E-state index contributed by atoms with van der Waals surface area (Å²) in [4.78, 5) is 24.0. The van der Waals surface area contributed by atoms with Crippen molar-refractivity contribution in [2.24, 2.45) is 0 Å². The first-order chi connectivity index (χ1) is 17.4. The number of rotatable bonds is 3. The average molecular weight is 514 g/mol. The number of fused-ring (bicyclic) bond motifs is 3. The molecule has 0 spiro atoms. The molecule has 0 radical (unpaired) electrons. The van der Waals surface area contributed by atoms with Crippen molar-refractivity contribution in [3.8, 4) is 11.1 Å². The van der Waals surface area contributed by atoms with Crippen LogP contribution < -0.4 is 4.90 Å². The van der Waals surface area contributed by atoms with Gasteiger partial charge in [-0.15, -0.1) is 0 Å². The summed E-state index contributed by atoms with van der Waals surface area (Å²) in [6.45, 7) is 1.74. The van der Waals surface area contributed by atoms with Crippen LogP contribution in [0.2, 0.25) is 0 Å². The van der Waals surface area contributed by atoms with Gasteiger partial charge < -0.3 is 4.98 Å². The van der Waals surface area contributed by atoms with Crippen molar-refractivity contribution in [3.05, 3.63) is 84.3 Å². The number of nitrogens with zero attached hydrogens (tertiary/aromatic N) is 3. The molecule has 188 valence electrons. The summed E-state index contributed by atoms with van der Waals surface area (Å²) in [5, 5.41) is 1.63. The van der Waals surface area contributed by atoms with Crippen LogP contribution in [0.4, 0.5) is 37.7 Å². The van der Waals surface area contributed by atoms with Crippen LogP contribution >= 0.6 is 0 Å². The maximum atomic E-state index is 13.6. The van der Waals surface area contributed by atoms with E-state index in [0.29, 0.717) is 33.9 Å². The van der Waals surface area contributed by atoms with E-state index in [0.717, 1.165) is 29.0 Å². The minimum Gasteiger partial charge on any atom is -0.339 e. The first kappa shape index (κ1) is 24.3. The number of halogens is 6. The molecule has 5 rings (SSSR count). The number of H-pyrrole nitrogens is 1. The molecule has 5 nitrogen and oxygen atoms in total. The zero-order valence-electron chi connectivity index (χ0n) is 18.9. The lowest BCUT2D eigenvalue weighted by molar-refractivity contribution is -0.169. The molecule has 0 aliphatic heterocycles. The lowest BCUT2D eigenvalue weighted by atomic mass is 9.98. The zero-order valence-corrected chi connectivity index (χ0v) is 18.9. The molecule has 5 aromatic rings. The summed E-state index contributed by atoms with van der Waals surface area (Å²) in [5.74, 6) is -2.31. The number of hydrogen-bond acceptors (Lipinski definition) is 3. The molecule has 0 atom stereocenters. The quantitative estimate of drug-likeness (QED) is 0.257. The van der Waals surface area contributed by atoms with Gasteiger partial charge >= 0.3 is 18.3 Å². The van der Waals surface area contributed by atoms with E-state index in [1.807, 2.05) is 6.07 Å². The molecule has 0 bridgehead atoms. The van der Waals surface area contributed by atoms with E-state index in [1.54, 1.807) is 25.3 Å². The maximum absolute atomic E-state index is 13.6. The molecule has 0 fully saturated rings. The molecule has 37 heavy (non-hydrogen) atoms. The SMILES string of the molecule is Cc1ccc(N(C(=O)C(F)(F)F)c2cccc(C(F)(F)F)c2)cc1-c1ccc2c(c1)[nH]c1ncncc12. The van der Waals surface area contributed by atoms with E-state index in [1.165, 1.54) is 24.5 Å². The third kappa shape index (κ3) is 4.48. The molecule has 3 aromatic carbocycles. The van der Waals surface area contributed by atoms with Gasteiger partial charge in [0.2, 0.25) is 0 Å². The lowest BCUT2D eigenvalue weighted by Gasteiger charge is -2.25. The molecule has 0 aliphatic rings. The second kappa shape index (κ2) is 8.61. The fourth-order valence-corrected chi connectivity index (χ4v) is 4.20. The molecule has 1 amide bonds. The molecule has 0 aliphatic carbocycles. The molecular formula is C26H16F6N4O. The number of nitrogens with one attached hydrogen (secondary N) is 1. The highest BCUT2D eigenvalue weighted by Crippen LogP contribution is 2.38. The summed E-state index contributed by atoms with van der Waals surface area (Å²) in [7, 11) is 0. The highest BCUT2D eigenvalue weighted by molar-refractivity contribution is 6.07. The second-order valence-electron chi connectivity index (χ2n) is 8.36. The van der Waals surface area contributed by atoms with Gasteiger partial charge in [0.15, 0.2) is 0 Å². The second-order valence-corrected chi connectivity index (χ2v) is 8.36. The number of aryl methyl sites for hydroxylation is 1. The summed E-state index contributed by atoms with van der Waals surface area (Å²) in [6, 6.07) is 12.7. The molecule has 2 aromatic heterocycles. The first-order valence-corrected chi connectivity index (χ1v) is 10.8. The Balaban J connectivity index is 1.66. The third-order valence-corrected chi connectivity index (χ3v) is 5.94. The average Bonchev–Trinajstić information content (AvgIpc) is 3.22. The topological polar surface area (TPSA) is 61.9 Å². The van der Waals surface area contributed by atoms with Crippen LogP contribution in [0.3, 0.4) is 0 Å². The number of aromatic nitrogens is 3. The van der Waals surface area contributed by atoms with Crippen LogP contribution in [0.1, 0.15) is 11.1 Å². The number of carbonyl (C=O) groups excluding carboxylic acids is 1. The zero-order chi connectivity index (χ0) is 26.5. The normalized spacial score (nSPS) is 12.3. The van der Waals surface area contributed by atoms with Crippen molar-refractivity contribution in [2.45, 2.75) is 19.3 Å². The van der Waals surface area contributed by atoms with Crippen LogP contribution in [0.15, 0.2) is 73.2 Å². The predicted molar refractivity (Wildman–Crippen MR) is 126 cm³/mol. The fraction of sp³-hybridized carbons (Fsp3) is 0.115. The van der Waals surface area contributed by atoms with Crippen molar-refractivity contribution >= 4 is 39.2 Å². The Morgan fingerprint density at radius 3 is 2.38 bits per heavy atom. The first-order valence-electron chi connectivity index (χ1n) is 10.8. The van der Waals surface area contributed by atoms with Gasteiger partial charge in [0.05, 0.1) is 5.56 Å². The number of amides is 1. The van der Waals surface area contributed by atoms with Crippen LogP contribution in [0, 0.1) is 6.92 Å². The standard InChI is InChI=1S/C26H16F6N4O/c1-14-5-7-18(36(24(37)26(30,31)32)17-4-2-3-16(10-17)25(27,28)29)11-20(14)15-6-8-19-21-12-33-13-34-23(21)35-22(19)9-15/h2-13H,1H3,(H,33,34,35).